The van der Waals surface area contributed by atoms with E-state index in [1.807, 2.05) is 72.8 Å². The molecule has 3 aromatic carbocycles. The van der Waals surface area contributed by atoms with E-state index in [9.17, 15) is 10.1 Å². The third-order valence-electron chi connectivity index (χ3n) is 5.13. The quantitative estimate of drug-likeness (QED) is 0.205. The van der Waals surface area contributed by atoms with Crippen molar-refractivity contribution in [3.05, 3.63) is 106 Å². The van der Waals surface area contributed by atoms with Crippen LogP contribution in [0.15, 0.2) is 90.0 Å². The number of nitrogens with zero attached hydrogens (tertiary/aromatic N) is 3. The lowest BCUT2D eigenvalue weighted by Gasteiger charge is -2.24. The minimum absolute atomic E-state index is 0.0376. The molecule has 29 heavy (non-hydrogen) atoms. The van der Waals surface area contributed by atoms with E-state index >= 15 is 0 Å². The Kier molecular flexibility index (Phi) is 6.27. The van der Waals surface area contributed by atoms with Gasteiger partial charge >= 0.3 is 0 Å². The lowest BCUT2D eigenvalue weighted by atomic mass is 9.86. The van der Waals surface area contributed by atoms with E-state index in [0.717, 1.165) is 16.2 Å². The molecule has 148 valence electrons. The van der Waals surface area contributed by atoms with Crippen LogP contribution >= 0.6 is 7.14 Å². The van der Waals surface area contributed by atoms with Gasteiger partial charge in [0, 0.05) is 21.7 Å². The molecule has 0 aliphatic rings. The van der Waals surface area contributed by atoms with Gasteiger partial charge in [0.25, 0.3) is 0 Å². The zero-order valence-corrected chi connectivity index (χ0v) is 18.0. The molecule has 0 fully saturated rings. The molecule has 5 heteroatoms. The summed E-state index contributed by atoms with van der Waals surface area (Å²) in [7, 11) is -2.98. The van der Waals surface area contributed by atoms with Crippen LogP contribution in [-0.2, 0) is 9.98 Å². The lowest BCUT2D eigenvalue weighted by Crippen LogP contribution is -2.21. The number of rotatable bonds is 6. The molecule has 0 saturated heterocycles. The first-order chi connectivity index (χ1) is 13.8. The second-order valence-electron chi connectivity index (χ2n) is 8.19. The smallest absolute Gasteiger partial charge is 0.143 e. The summed E-state index contributed by atoms with van der Waals surface area (Å²) < 4.78 is 14.3. The maximum Gasteiger partial charge on any atom is 0.143 e. The van der Waals surface area contributed by atoms with Gasteiger partial charge in [-0.1, -0.05) is 111 Å². The van der Waals surface area contributed by atoms with E-state index in [-0.39, 0.29) is 11.6 Å². The molecule has 1 atom stereocenters. The molecule has 4 nitrogen and oxygen atoms in total. The van der Waals surface area contributed by atoms with Crippen molar-refractivity contribution in [2.45, 2.75) is 32.2 Å². The fraction of sp³-hybridized carbons (Fsp3) is 0.250. The number of hydrogen-bond donors (Lipinski definition) is 0. The molecule has 0 spiro atoms. The SMILES string of the molecule is CC(C)(C)c1ccc(C(CP(=O)(c2ccccc2)c2ccccc2)N=[N+]=[N-])cc1. The minimum atomic E-state index is -2.98. The van der Waals surface area contributed by atoms with Crippen molar-refractivity contribution in [1.29, 1.82) is 0 Å². The summed E-state index contributed by atoms with van der Waals surface area (Å²) >= 11 is 0. The van der Waals surface area contributed by atoms with Crippen LogP contribution in [0, 0.1) is 0 Å². The van der Waals surface area contributed by atoms with Gasteiger partial charge in [0.05, 0.1) is 6.04 Å². The summed E-state index contributed by atoms with van der Waals surface area (Å²) in [4.78, 5) is 3.06. The summed E-state index contributed by atoms with van der Waals surface area (Å²) in [5, 5.41) is 5.58. The summed E-state index contributed by atoms with van der Waals surface area (Å²) in [5.74, 6) is 0. The third-order valence-corrected chi connectivity index (χ3v) is 8.25. The van der Waals surface area contributed by atoms with Crippen molar-refractivity contribution < 1.29 is 4.57 Å². The van der Waals surface area contributed by atoms with E-state index in [4.69, 9.17) is 0 Å². The second-order valence-corrected chi connectivity index (χ2v) is 11.1. The van der Waals surface area contributed by atoms with Gasteiger partial charge in [-0.3, -0.25) is 0 Å². The van der Waals surface area contributed by atoms with Crippen LogP contribution in [0.1, 0.15) is 37.9 Å². The van der Waals surface area contributed by atoms with Crippen molar-refractivity contribution >= 4 is 17.8 Å². The highest BCUT2D eigenvalue weighted by Gasteiger charge is 2.31. The van der Waals surface area contributed by atoms with Crippen LogP contribution < -0.4 is 10.6 Å². The Morgan fingerprint density at radius 3 is 1.76 bits per heavy atom. The molecular formula is C24H26N3OP. The van der Waals surface area contributed by atoms with Crippen LogP contribution in [0.25, 0.3) is 10.4 Å². The van der Waals surface area contributed by atoms with Crippen LogP contribution in [-0.4, -0.2) is 6.16 Å². The first kappa shape index (κ1) is 20.9. The van der Waals surface area contributed by atoms with Crippen LogP contribution in [0.4, 0.5) is 0 Å². The Balaban J connectivity index is 2.04. The Morgan fingerprint density at radius 1 is 0.862 bits per heavy atom. The van der Waals surface area contributed by atoms with Crippen LogP contribution in [0.5, 0.6) is 0 Å². The largest absolute Gasteiger partial charge is 0.314 e. The Bertz CT molecular complexity index is 991. The Morgan fingerprint density at radius 2 is 1.34 bits per heavy atom. The first-order valence-corrected chi connectivity index (χ1v) is 11.6. The topological polar surface area (TPSA) is 65.8 Å². The Hall–Kier alpha value is -2.80. The van der Waals surface area contributed by atoms with Crippen molar-refractivity contribution in [1.82, 2.24) is 0 Å². The maximum absolute atomic E-state index is 14.3. The molecule has 0 amide bonds. The van der Waals surface area contributed by atoms with Crippen LogP contribution in [0.2, 0.25) is 0 Å². The molecule has 0 aliphatic heterocycles. The molecular weight excluding hydrogens is 377 g/mol. The van der Waals surface area contributed by atoms with Crippen molar-refractivity contribution in [3.8, 4) is 0 Å². The Labute approximate surface area is 172 Å². The van der Waals surface area contributed by atoms with Gasteiger partial charge in [-0.05, 0) is 22.1 Å². The summed E-state index contributed by atoms with van der Waals surface area (Å²) in [6.45, 7) is 6.48. The maximum atomic E-state index is 14.3. The van der Waals surface area contributed by atoms with Gasteiger partial charge in [-0.2, -0.15) is 0 Å². The highest BCUT2D eigenvalue weighted by molar-refractivity contribution is 7.78. The standard InChI is InChI=1S/C24H26N3OP/c1-24(2,3)20-16-14-19(15-17-20)23(26-27-25)18-29(28,21-10-6-4-7-11-21)22-12-8-5-9-13-22/h4-17,23H,18H2,1-3H3. The second kappa shape index (κ2) is 8.69. The predicted octanol–water partition coefficient (Wildman–Crippen LogP) is 6.35. The lowest BCUT2D eigenvalue weighted by molar-refractivity contribution is 0.581. The third kappa shape index (κ3) is 4.79. The van der Waals surface area contributed by atoms with E-state index in [0.29, 0.717) is 0 Å². The monoisotopic (exact) mass is 403 g/mol. The van der Waals surface area contributed by atoms with E-state index in [1.54, 1.807) is 0 Å². The van der Waals surface area contributed by atoms with Crippen molar-refractivity contribution in [3.63, 3.8) is 0 Å². The summed E-state index contributed by atoms with van der Waals surface area (Å²) in [6.07, 6.45) is 0.250. The molecule has 3 aromatic rings. The minimum Gasteiger partial charge on any atom is -0.314 e. The summed E-state index contributed by atoms with van der Waals surface area (Å²) in [6, 6.07) is 26.6. The van der Waals surface area contributed by atoms with Crippen molar-refractivity contribution in [2.75, 3.05) is 6.16 Å². The first-order valence-electron chi connectivity index (χ1n) is 9.69. The molecule has 0 aromatic heterocycles. The van der Waals surface area contributed by atoms with Gasteiger partial charge in [-0.25, -0.2) is 0 Å². The zero-order valence-electron chi connectivity index (χ0n) is 17.1. The van der Waals surface area contributed by atoms with Crippen LogP contribution in [0.3, 0.4) is 0 Å². The fourth-order valence-electron chi connectivity index (χ4n) is 3.42. The molecule has 0 heterocycles. The molecule has 0 saturated carbocycles. The van der Waals surface area contributed by atoms with Gasteiger partial charge in [0.2, 0.25) is 0 Å². The van der Waals surface area contributed by atoms with Crippen molar-refractivity contribution in [2.24, 2.45) is 5.11 Å². The molecule has 0 N–H and O–H groups in total. The number of benzene rings is 3. The normalized spacial score (nSPS) is 12.8. The number of azide groups is 1. The molecule has 0 radical (unpaired) electrons. The van der Waals surface area contributed by atoms with Gasteiger partial charge < -0.3 is 4.57 Å². The number of hydrogen-bond acceptors (Lipinski definition) is 2. The zero-order chi connectivity index (χ0) is 20.9. The van der Waals surface area contributed by atoms with Gasteiger partial charge in [0.15, 0.2) is 0 Å². The molecule has 3 rings (SSSR count). The fourth-order valence-corrected chi connectivity index (χ4v) is 6.22. The summed E-state index contributed by atoms with van der Waals surface area (Å²) in [5.41, 5.74) is 11.3. The molecule has 0 bridgehead atoms. The average Bonchev–Trinajstić information content (AvgIpc) is 2.74. The highest BCUT2D eigenvalue weighted by atomic mass is 31.2. The highest BCUT2D eigenvalue weighted by Crippen LogP contribution is 2.47. The van der Waals surface area contributed by atoms with Gasteiger partial charge in [-0.15, -0.1) is 0 Å². The average molecular weight is 403 g/mol. The van der Waals surface area contributed by atoms with Gasteiger partial charge in [0.1, 0.15) is 7.14 Å². The van der Waals surface area contributed by atoms with E-state index in [2.05, 4.69) is 42.9 Å². The predicted molar refractivity (Wildman–Crippen MR) is 122 cm³/mol. The molecule has 0 aliphatic carbocycles. The van der Waals surface area contributed by atoms with E-state index in [1.165, 1.54) is 5.56 Å². The molecule has 1 unspecified atom stereocenters. The van der Waals surface area contributed by atoms with E-state index < -0.39 is 13.2 Å².